The Balaban J connectivity index is 0.000000464. The first-order valence-corrected chi connectivity index (χ1v) is 13.6. The molecular formula is C28H40ClN5O3. The summed E-state index contributed by atoms with van der Waals surface area (Å²) in [6.07, 6.45) is 11.7. The van der Waals surface area contributed by atoms with Crippen LogP contribution in [0.5, 0.6) is 0 Å². The van der Waals surface area contributed by atoms with E-state index in [2.05, 4.69) is 52.0 Å². The summed E-state index contributed by atoms with van der Waals surface area (Å²) < 4.78 is 0. The molecule has 0 atom stereocenters. The Bertz CT molecular complexity index is 1060. The minimum absolute atomic E-state index is 0.109. The number of amides is 1. The first-order chi connectivity index (χ1) is 18.0. The fourth-order valence-electron chi connectivity index (χ4n) is 4.17. The van der Waals surface area contributed by atoms with Gasteiger partial charge in [0.2, 0.25) is 5.91 Å². The summed E-state index contributed by atoms with van der Waals surface area (Å²) in [4.78, 5) is 34.9. The topological polar surface area (TPSA) is 111 Å². The summed E-state index contributed by atoms with van der Waals surface area (Å²) in [7, 11) is 0. The number of aromatic amines is 1. The van der Waals surface area contributed by atoms with Crippen molar-refractivity contribution < 1.29 is 14.7 Å². The molecule has 0 aliphatic carbocycles. The lowest BCUT2D eigenvalue weighted by atomic mass is 9.95. The van der Waals surface area contributed by atoms with E-state index >= 15 is 0 Å². The highest BCUT2D eigenvalue weighted by Crippen LogP contribution is 2.33. The van der Waals surface area contributed by atoms with E-state index in [1.54, 1.807) is 12.4 Å². The van der Waals surface area contributed by atoms with Gasteiger partial charge >= 0.3 is 0 Å². The quantitative estimate of drug-likeness (QED) is 0.233. The number of fused-ring (bicyclic) bond motifs is 1. The number of rotatable bonds is 8. The molecule has 9 heteroatoms. The second-order valence-corrected chi connectivity index (χ2v) is 9.41. The van der Waals surface area contributed by atoms with E-state index in [0.29, 0.717) is 5.02 Å². The minimum atomic E-state index is -0.250. The highest BCUT2D eigenvalue weighted by molar-refractivity contribution is 6.33. The summed E-state index contributed by atoms with van der Waals surface area (Å²) in [5.74, 6) is 1.04. The Morgan fingerprint density at radius 1 is 1.16 bits per heavy atom. The van der Waals surface area contributed by atoms with E-state index in [1.165, 1.54) is 25.7 Å². The fourth-order valence-corrected chi connectivity index (χ4v) is 4.38. The average molecular weight is 530 g/mol. The van der Waals surface area contributed by atoms with Gasteiger partial charge in [-0.3, -0.25) is 14.6 Å². The number of carboxylic acid groups (broad SMARTS) is 1. The van der Waals surface area contributed by atoms with Crippen molar-refractivity contribution in [2.75, 3.05) is 24.5 Å². The highest BCUT2D eigenvalue weighted by Gasteiger charge is 2.25. The van der Waals surface area contributed by atoms with Crippen molar-refractivity contribution in [1.82, 2.24) is 20.3 Å². The lowest BCUT2D eigenvalue weighted by molar-refractivity contribution is -0.125. The van der Waals surface area contributed by atoms with Crippen molar-refractivity contribution in [2.45, 2.75) is 65.7 Å². The molecule has 8 nitrogen and oxygen atoms in total. The molecule has 1 saturated heterocycles. The number of H-pyrrole nitrogens is 1. The molecule has 1 amide bonds. The van der Waals surface area contributed by atoms with Gasteiger partial charge < -0.3 is 20.3 Å². The number of pyridine rings is 1. The number of unbranched alkanes of at least 4 members (excludes halogenated alkanes) is 3. The molecule has 37 heavy (non-hydrogen) atoms. The second kappa shape index (κ2) is 16.6. The number of nitrogens with one attached hydrogen (secondary N) is 2. The van der Waals surface area contributed by atoms with E-state index in [-0.39, 0.29) is 18.3 Å². The smallest absolute Gasteiger partial charge is 0.290 e. The first kappa shape index (κ1) is 30.1. The summed E-state index contributed by atoms with van der Waals surface area (Å²) in [6.45, 7) is 8.75. The lowest BCUT2D eigenvalue weighted by Crippen LogP contribution is -2.40. The van der Waals surface area contributed by atoms with Crippen LogP contribution in [0.25, 0.3) is 22.4 Å². The fraction of sp³-hybridized carbons (Fsp3) is 0.500. The van der Waals surface area contributed by atoms with Crippen molar-refractivity contribution in [3.05, 3.63) is 41.7 Å². The molecule has 4 rings (SSSR count). The Kier molecular flexibility index (Phi) is 13.5. The number of nitrogens with zero attached hydrogens (tertiary/aromatic N) is 3. The Labute approximate surface area is 224 Å². The summed E-state index contributed by atoms with van der Waals surface area (Å²) in [5.41, 5.74) is 3.73. The maximum Gasteiger partial charge on any atom is 0.290 e. The maximum atomic E-state index is 12.2. The molecule has 3 N–H and O–H groups in total. The number of piperidine rings is 1. The molecule has 0 saturated carbocycles. The second-order valence-electron chi connectivity index (χ2n) is 9.01. The average Bonchev–Trinajstić information content (AvgIpc) is 3.36. The monoisotopic (exact) mass is 529 g/mol. The Morgan fingerprint density at radius 3 is 2.43 bits per heavy atom. The number of anilines is 1. The van der Waals surface area contributed by atoms with E-state index in [4.69, 9.17) is 21.5 Å². The van der Waals surface area contributed by atoms with Crippen molar-refractivity contribution in [3.8, 4) is 11.4 Å². The van der Waals surface area contributed by atoms with Crippen LogP contribution in [0, 0.1) is 5.92 Å². The predicted molar refractivity (Wildman–Crippen MR) is 151 cm³/mol. The van der Waals surface area contributed by atoms with Gasteiger partial charge in [0.25, 0.3) is 6.47 Å². The highest BCUT2D eigenvalue weighted by atomic mass is 35.5. The molecule has 0 unspecified atom stereocenters. The van der Waals surface area contributed by atoms with Gasteiger partial charge in [0.05, 0.1) is 22.3 Å². The number of carbonyl (C=O) groups is 2. The SMILES string of the molecule is CCCCCC.CCCNC(=O)C1CCN(c2ccc(Cl)c(-c3nc4ccncc4[nH]3)c2)CC1.O=CO. The lowest BCUT2D eigenvalue weighted by Gasteiger charge is -2.33. The summed E-state index contributed by atoms with van der Waals surface area (Å²) in [5, 5.41) is 10.6. The Morgan fingerprint density at radius 2 is 1.84 bits per heavy atom. The predicted octanol–water partition coefficient (Wildman–Crippen LogP) is 6.31. The van der Waals surface area contributed by atoms with Crippen LogP contribution in [-0.2, 0) is 9.59 Å². The van der Waals surface area contributed by atoms with Crippen LogP contribution in [0.15, 0.2) is 36.7 Å². The molecular weight excluding hydrogens is 490 g/mol. The zero-order valence-electron chi connectivity index (χ0n) is 22.2. The summed E-state index contributed by atoms with van der Waals surface area (Å²) in [6, 6.07) is 7.90. The minimum Gasteiger partial charge on any atom is -0.483 e. The molecule has 202 valence electrons. The van der Waals surface area contributed by atoms with Gasteiger partial charge in [-0.25, -0.2) is 4.98 Å². The van der Waals surface area contributed by atoms with E-state index in [9.17, 15) is 4.79 Å². The van der Waals surface area contributed by atoms with Gasteiger partial charge in [-0.15, -0.1) is 0 Å². The normalized spacial score (nSPS) is 13.2. The molecule has 1 fully saturated rings. The van der Waals surface area contributed by atoms with Crippen molar-refractivity contribution in [3.63, 3.8) is 0 Å². The standard InChI is InChI=1S/C21H24ClN5O.C6H14.CH2O2/c1-2-8-24-21(28)14-6-10-27(11-7-14)15-3-4-17(22)16(12-15)20-25-18-5-9-23-13-19(18)26-20;1-3-5-6-4-2;2-1-3/h3-5,9,12-14H,2,6-8,10-11H2,1H3,(H,24,28)(H,25,26);3-6H2,1-2H3;1H,(H,2,3). The molecule has 3 aromatic rings. The number of benzene rings is 1. The number of carbonyl (C=O) groups excluding carboxylic acids is 1. The van der Waals surface area contributed by atoms with Gasteiger partial charge in [0.1, 0.15) is 5.82 Å². The molecule has 1 aliphatic rings. The van der Waals surface area contributed by atoms with Gasteiger partial charge in [0, 0.05) is 43.0 Å². The third-order valence-corrected chi connectivity index (χ3v) is 6.56. The van der Waals surface area contributed by atoms with Crippen molar-refractivity contribution in [1.29, 1.82) is 0 Å². The van der Waals surface area contributed by atoms with Crippen molar-refractivity contribution in [2.24, 2.45) is 5.92 Å². The summed E-state index contributed by atoms with van der Waals surface area (Å²) >= 11 is 6.46. The van der Waals surface area contributed by atoms with Crippen LogP contribution in [-0.4, -0.2) is 52.1 Å². The molecule has 0 bridgehead atoms. The van der Waals surface area contributed by atoms with Gasteiger partial charge in [0.15, 0.2) is 0 Å². The molecule has 0 spiro atoms. The number of imidazole rings is 1. The molecule has 3 heterocycles. The van der Waals surface area contributed by atoms with E-state index < -0.39 is 0 Å². The zero-order valence-corrected chi connectivity index (χ0v) is 22.9. The van der Waals surface area contributed by atoms with Crippen LogP contribution in [0.1, 0.15) is 65.7 Å². The number of hydrogen-bond donors (Lipinski definition) is 3. The largest absolute Gasteiger partial charge is 0.483 e. The maximum absolute atomic E-state index is 12.2. The van der Waals surface area contributed by atoms with Crippen LogP contribution < -0.4 is 10.2 Å². The van der Waals surface area contributed by atoms with Crippen LogP contribution in [0.3, 0.4) is 0 Å². The van der Waals surface area contributed by atoms with E-state index in [0.717, 1.165) is 67.0 Å². The molecule has 1 aliphatic heterocycles. The molecule has 1 aromatic carbocycles. The van der Waals surface area contributed by atoms with Crippen molar-refractivity contribution >= 4 is 40.7 Å². The Hall–Kier alpha value is -3.13. The number of aromatic nitrogens is 3. The van der Waals surface area contributed by atoms with Gasteiger partial charge in [-0.1, -0.05) is 58.1 Å². The molecule has 0 radical (unpaired) electrons. The third-order valence-electron chi connectivity index (χ3n) is 6.23. The zero-order chi connectivity index (χ0) is 27.0. The third kappa shape index (κ3) is 9.35. The first-order valence-electron chi connectivity index (χ1n) is 13.2. The number of halogens is 1. The van der Waals surface area contributed by atoms with E-state index in [1.807, 2.05) is 18.2 Å². The van der Waals surface area contributed by atoms with Gasteiger partial charge in [-0.05, 0) is 43.5 Å². The number of hydrogen-bond acceptors (Lipinski definition) is 5. The van der Waals surface area contributed by atoms with Crippen LogP contribution >= 0.6 is 11.6 Å². The molecule has 2 aromatic heterocycles. The van der Waals surface area contributed by atoms with Crippen LogP contribution in [0.2, 0.25) is 5.02 Å². The van der Waals surface area contributed by atoms with Gasteiger partial charge in [-0.2, -0.15) is 0 Å². The van der Waals surface area contributed by atoms with Crippen LogP contribution in [0.4, 0.5) is 5.69 Å².